The van der Waals surface area contributed by atoms with Crippen LogP contribution in [0, 0.1) is 0 Å². The van der Waals surface area contributed by atoms with E-state index in [0.29, 0.717) is 6.04 Å². The topological polar surface area (TPSA) is 55.6 Å². The highest BCUT2D eigenvalue weighted by atomic mass is 15.5. The van der Waals surface area contributed by atoms with E-state index in [0.717, 1.165) is 18.8 Å². The van der Waals surface area contributed by atoms with Gasteiger partial charge in [-0.15, -0.1) is 5.10 Å². The van der Waals surface area contributed by atoms with Crippen molar-refractivity contribution in [3.8, 4) is 5.69 Å². The van der Waals surface area contributed by atoms with E-state index in [4.69, 9.17) is 0 Å². The van der Waals surface area contributed by atoms with E-state index in [-0.39, 0.29) is 0 Å². The summed E-state index contributed by atoms with van der Waals surface area (Å²) in [6, 6.07) is 7.18. The molecule has 0 atom stereocenters. The number of hydrogen-bond acceptors (Lipinski definition) is 4. The molecule has 0 unspecified atom stereocenters. The smallest absolute Gasteiger partial charge is 0.170 e. The predicted octanol–water partition coefficient (Wildman–Crippen LogP) is 1.79. The Kier molecular flexibility index (Phi) is 2.99. The van der Waals surface area contributed by atoms with Gasteiger partial charge in [0, 0.05) is 6.04 Å². The van der Waals surface area contributed by atoms with Crippen molar-refractivity contribution < 1.29 is 0 Å². The van der Waals surface area contributed by atoms with Gasteiger partial charge in [0.2, 0.25) is 0 Å². The highest BCUT2D eigenvalue weighted by molar-refractivity contribution is 5.47. The van der Waals surface area contributed by atoms with Crippen molar-refractivity contribution >= 4 is 0 Å². The number of aromatic nitrogens is 4. The number of hydrogen-bond donors (Lipinski definition) is 1. The molecule has 0 spiro atoms. The van der Waals surface area contributed by atoms with Crippen LogP contribution in [0.3, 0.4) is 0 Å². The van der Waals surface area contributed by atoms with Gasteiger partial charge in [-0.3, -0.25) is 0 Å². The second-order valence-electron chi connectivity index (χ2n) is 5.78. The molecule has 2 aromatic rings. The first kappa shape index (κ1) is 12.0. The van der Waals surface area contributed by atoms with Crippen LogP contribution in [0.15, 0.2) is 18.2 Å². The van der Waals surface area contributed by atoms with Gasteiger partial charge < -0.3 is 5.32 Å². The minimum atomic E-state index is 0.671. The molecule has 1 aromatic carbocycles. The molecular weight excluding hydrogens is 250 g/mol. The third-order valence-electron chi connectivity index (χ3n) is 4.26. The van der Waals surface area contributed by atoms with E-state index in [1.165, 1.54) is 48.9 Å². The van der Waals surface area contributed by atoms with Crippen LogP contribution >= 0.6 is 0 Å². The van der Waals surface area contributed by atoms with E-state index in [1.54, 1.807) is 0 Å². The molecule has 1 heterocycles. The van der Waals surface area contributed by atoms with Crippen molar-refractivity contribution in [1.29, 1.82) is 0 Å². The quantitative estimate of drug-likeness (QED) is 0.919. The summed E-state index contributed by atoms with van der Waals surface area (Å²) in [6.45, 7) is 0.751. The summed E-state index contributed by atoms with van der Waals surface area (Å²) < 4.78 is 1.92. The summed E-state index contributed by atoms with van der Waals surface area (Å²) in [4.78, 5) is 0. The summed E-state index contributed by atoms with van der Waals surface area (Å²) in [6.07, 6.45) is 7.44. The molecular formula is C15H19N5. The molecule has 2 aliphatic rings. The van der Waals surface area contributed by atoms with Crippen molar-refractivity contribution in [3.63, 3.8) is 0 Å². The summed E-state index contributed by atoms with van der Waals surface area (Å²) >= 11 is 0. The molecule has 0 radical (unpaired) electrons. The third kappa shape index (κ3) is 2.22. The van der Waals surface area contributed by atoms with Gasteiger partial charge in [-0.2, -0.15) is 4.68 Å². The average molecular weight is 269 g/mol. The van der Waals surface area contributed by atoms with Gasteiger partial charge >= 0.3 is 0 Å². The lowest BCUT2D eigenvalue weighted by Gasteiger charge is -2.19. The largest absolute Gasteiger partial charge is 0.307 e. The van der Waals surface area contributed by atoms with Crippen molar-refractivity contribution in [2.24, 2.45) is 0 Å². The molecule has 0 amide bonds. The second kappa shape index (κ2) is 4.98. The standard InChI is InChI=1S/C15H19N5/c1-2-6-13-11(4-1)5-3-7-14(13)20-15(17-18-19-20)10-16-12-8-9-12/h3,5,7,12,16H,1-2,4,6,8-10H2. The van der Waals surface area contributed by atoms with Crippen LogP contribution < -0.4 is 5.32 Å². The zero-order chi connectivity index (χ0) is 13.4. The maximum Gasteiger partial charge on any atom is 0.170 e. The Hall–Kier alpha value is -1.75. The van der Waals surface area contributed by atoms with E-state index in [2.05, 4.69) is 39.0 Å². The molecule has 0 saturated heterocycles. The maximum atomic E-state index is 4.21. The fourth-order valence-electron chi connectivity index (χ4n) is 2.99. The maximum absolute atomic E-state index is 4.21. The van der Waals surface area contributed by atoms with Crippen molar-refractivity contribution in [2.45, 2.75) is 51.1 Å². The van der Waals surface area contributed by atoms with Crippen LogP contribution in [-0.4, -0.2) is 26.2 Å². The fraction of sp³-hybridized carbons (Fsp3) is 0.533. The van der Waals surface area contributed by atoms with Crippen molar-refractivity contribution in [3.05, 3.63) is 35.2 Å². The molecule has 1 fully saturated rings. The van der Waals surface area contributed by atoms with E-state index >= 15 is 0 Å². The zero-order valence-electron chi connectivity index (χ0n) is 11.5. The summed E-state index contributed by atoms with van der Waals surface area (Å²) in [5, 5.41) is 15.7. The first-order valence-electron chi connectivity index (χ1n) is 7.53. The molecule has 0 aliphatic heterocycles. The molecule has 5 heteroatoms. The Labute approximate surface area is 118 Å². The van der Waals surface area contributed by atoms with Gasteiger partial charge in [-0.05, 0) is 66.1 Å². The van der Waals surface area contributed by atoms with Crippen LogP contribution in [0.25, 0.3) is 5.69 Å². The number of nitrogens with zero attached hydrogens (tertiary/aromatic N) is 4. The molecule has 1 N–H and O–H groups in total. The molecule has 2 aliphatic carbocycles. The number of fused-ring (bicyclic) bond motifs is 1. The fourth-order valence-corrected chi connectivity index (χ4v) is 2.99. The summed E-state index contributed by atoms with van der Waals surface area (Å²) in [5.41, 5.74) is 4.06. The van der Waals surface area contributed by atoms with Crippen LogP contribution in [0.4, 0.5) is 0 Å². The summed E-state index contributed by atoms with van der Waals surface area (Å²) in [5.74, 6) is 0.913. The van der Waals surface area contributed by atoms with Crippen molar-refractivity contribution in [1.82, 2.24) is 25.5 Å². The van der Waals surface area contributed by atoms with Gasteiger partial charge in [0.05, 0.1) is 12.2 Å². The van der Waals surface area contributed by atoms with Gasteiger partial charge in [-0.25, -0.2) is 0 Å². The predicted molar refractivity (Wildman–Crippen MR) is 75.7 cm³/mol. The zero-order valence-corrected chi connectivity index (χ0v) is 11.5. The van der Waals surface area contributed by atoms with E-state index in [1.807, 2.05) is 4.68 Å². The molecule has 1 saturated carbocycles. The minimum Gasteiger partial charge on any atom is -0.307 e. The normalized spacial score (nSPS) is 18.0. The van der Waals surface area contributed by atoms with Crippen LogP contribution in [-0.2, 0) is 19.4 Å². The molecule has 104 valence electrons. The number of rotatable bonds is 4. The number of tetrazole rings is 1. The lowest BCUT2D eigenvalue weighted by atomic mass is 9.90. The number of nitrogens with one attached hydrogen (secondary N) is 1. The Morgan fingerprint density at radius 3 is 3.00 bits per heavy atom. The molecule has 4 rings (SSSR count). The highest BCUT2D eigenvalue weighted by Gasteiger charge is 2.22. The molecule has 1 aromatic heterocycles. The summed E-state index contributed by atoms with van der Waals surface area (Å²) in [7, 11) is 0. The van der Waals surface area contributed by atoms with E-state index in [9.17, 15) is 0 Å². The lowest BCUT2D eigenvalue weighted by molar-refractivity contribution is 0.629. The van der Waals surface area contributed by atoms with Gasteiger partial charge in [-0.1, -0.05) is 12.1 Å². The van der Waals surface area contributed by atoms with Crippen molar-refractivity contribution in [2.75, 3.05) is 0 Å². The Morgan fingerprint density at radius 1 is 1.20 bits per heavy atom. The molecule has 5 nitrogen and oxygen atoms in total. The highest BCUT2D eigenvalue weighted by Crippen LogP contribution is 2.27. The van der Waals surface area contributed by atoms with E-state index < -0.39 is 0 Å². The van der Waals surface area contributed by atoms with Gasteiger partial charge in [0.25, 0.3) is 0 Å². The third-order valence-corrected chi connectivity index (χ3v) is 4.26. The molecule has 20 heavy (non-hydrogen) atoms. The van der Waals surface area contributed by atoms with Crippen LogP contribution in [0.5, 0.6) is 0 Å². The SMILES string of the molecule is c1cc2c(c(-n3nnnc3CNC3CC3)c1)CCCC2. The monoisotopic (exact) mass is 269 g/mol. The first-order valence-corrected chi connectivity index (χ1v) is 7.53. The Balaban J connectivity index is 1.68. The minimum absolute atomic E-state index is 0.671. The molecule has 0 bridgehead atoms. The lowest BCUT2D eigenvalue weighted by Crippen LogP contribution is -2.19. The number of benzene rings is 1. The first-order chi connectivity index (χ1) is 9.92. The Morgan fingerprint density at radius 2 is 2.10 bits per heavy atom. The van der Waals surface area contributed by atoms with Gasteiger partial charge in [0.1, 0.15) is 0 Å². The Bertz CT molecular complexity index is 614. The van der Waals surface area contributed by atoms with Crippen LogP contribution in [0.1, 0.15) is 42.6 Å². The van der Waals surface area contributed by atoms with Gasteiger partial charge in [0.15, 0.2) is 5.82 Å². The van der Waals surface area contributed by atoms with Crippen LogP contribution in [0.2, 0.25) is 0 Å². The second-order valence-corrected chi connectivity index (χ2v) is 5.78. The number of aryl methyl sites for hydroxylation is 1. The average Bonchev–Trinajstić information content (AvgIpc) is 3.21.